The molecular formula is C7H10BrFO3. The second kappa shape index (κ2) is 5.24. The summed E-state index contributed by atoms with van der Waals surface area (Å²) in [6.07, 6.45) is -2.17. The Hall–Kier alpha value is -0.450. The summed E-state index contributed by atoms with van der Waals surface area (Å²) < 4.78 is 17.1. The highest BCUT2D eigenvalue weighted by Crippen LogP contribution is 2.07. The highest BCUT2D eigenvalue weighted by Gasteiger charge is 2.29. The van der Waals surface area contributed by atoms with Crippen LogP contribution in [0.15, 0.2) is 0 Å². The standard InChI is InChI=1S/C7H10BrFO3/c1-3-12-7(11)5(9)6(10)4(2)8/h4-5H,3H2,1-2H3. The van der Waals surface area contributed by atoms with Crippen LogP contribution in [-0.4, -0.2) is 29.4 Å². The van der Waals surface area contributed by atoms with Gasteiger partial charge in [-0.15, -0.1) is 0 Å². The number of hydrogen-bond donors (Lipinski definition) is 0. The molecular weight excluding hydrogens is 231 g/mol. The van der Waals surface area contributed by atoms with Gasteiger partial charge in [0.1, 0.15) is 0 Å². The molecule has 0 aromatic heterocycles. The van der Waals surface area contributed by atoms with Gasteiger partial charge in [-0.1, -0.05) is 15.9 Å². The average Bonchev–Trinajstić information content (AvgIpc) is 2.02. The Bertz CT molecular complexity index is 181. The maximum Gasteiger partial charge on any atom is 0.348 e. The minimum absolute atomic E-state index is 0.0726. The molecule has 2 atom stereocenters. The van der Waals surface area contributed by atoms with Crippen LogP contribution >= 0.6 is 15.9 Å². The fourth-order valence-corrected chi connectivity index (χ4v) is 0.765. The van der Waals surface area contributed by atoms with Crippen molar-refractivity contribution in [3.8, 4) is 0 Å². The molecule has 70 valence electrons. The molecule has 0 N–H and O–H groups in total. The zero-order valence-corrected chi connectivity index (χ0v) is 8.43. The maximum absolute atomic E-state index is 12.8. The molecule has 0 saturated carbocycles. The Morgan fingerprint density at radius 3 is 2.42 bits per heavy atom. The van der Waals surface area contributed by atoms with Gasteiger partial charge in [-0.3, -0.25) is 4.79 Å². The van der Waals surface area contributed by atoms with Gasteiger partial charge >= 0.3 is 5.97 Å². The van der Waals surface area contributed by atoms with Crippen molar-refractivity contribution in [2.24, 2.45) is 0 Å². The molecule has 0 aliphatic heterocycles. The Morgan fingerprint density at radius 2 is 2.08 bits per heavy atom. The molecule has 0 rings (SSSR count). The molecule has 0 bridgehead atoms. The lowest BCUT2D eigenvalue weighted by molar-refractivity contribution is -0.152. The highest BCUT2D eigenvalue weighted by molar-refractivity contribution is 9.10. The quantitative estimate of drug-likeness (QED) is 0.422. The number of Topliss-reactive ketones (excluding diaryl/α,β-unsaturated/α-hetero) is 1. The second-order valence-electron chi connectivity index (χ2n) is 2.13. The molecule has 0 spiro atoms. The van der Waals surface area contributed by atoms with Crippen molar-refractivity contribution in [1.82, 2.24) is 0 Å². The lowest BCUT2D eigenvalue weighted by atomic mass is 10.2. The number of alkyl halides is 2. The minimum Gasteiger partial charge on any atom is -0.463 e. The van der Waals surface area contributed by atoms with Gasteiger partial charge < -0.3 is 4.74 Å². The summed E-state index contributed by atoms with van der Waals surface area (Å²) in [4.78, 5) is 20.8. The number of hydrogen-bond acceptors (Lipinski definition) is 3. The van der Waals surface area contributed by atoms with E-state index in [0.29, 0.717) is 0 Å². The topological polar surface area (TPSA) is 43.4 Å². The molecule has 5 heteroatoms. The fourth-order valence-electron chi connectivity index (χ4n) is 0.533. The van der Waals surface area contributed by atoms with E-state index in [9.17, 15) is 14.0 Å². The van der Waals surface area contributed by atoms with Crippen molar-refractivity contribution in [3.05, 3.63) is 0 Å². The van der Waals surface area contributed by atoms with E-state index < -0.39 is 22.8 Å². The van der Waals surface area contributed by atoms with E-state index in [4.69, 9.17) is 0 Å². The van der Waals surface area contributed by atoms with Gasteiger partial charge in [0.05, 0.1) is 11.4 Å². The Balaban J connectivity index is 4.10. The molecule has 3 nitrogen and oxygen atoms in total. The van der Waals surface area contributed by atoms with Crippen molar-refractivity contribution in [2.75, 3.05) is 6.61 Å². The molecule has 0 heterocycles. The smallest absolute Gasteiger partial charge is 0.348 e. The van der Waals surface area contributed by atoms with E-state index in [1.807, 2.05) is 0 Å². The Morgan fingerprint density at radius 1 is 1.58 bits per heavy atom. The van der Waals surface area contributed by atoms with Gasteiger partial charge in [-0.2, -0.15) is 0 Å². The van der Waals surface area contributed by atoms with Crippen molar-refractivity contribution < 1.29 is 18.7 Å². The number of halogens is 2. The maximum atomic E-state index is 12.8. The minimum atomic E-state index is -2.17. The predicted molar refractivity (Wildman–Crippen MR) is 44.9 cm³/mol. The molecule has 0 saturated heterocycles. The van der Waals surface area contributed by atoms with Crippen LogP contribution in [-0.2, 0) is 14.3 Å². The van der Waals surface area contributed by atoms with Crippen LogP contribution in [0.3, 0.4) is 0 Å². The number of carbonyl (C=O) groups excluding carboxylic acids is 2. The van der Waals surface area contributed by atoms with E-state index in [-0.39, 0.29) is 6.61 Å². The first-order chi connectivity index (χ1) is 5.50. The van der Waals surface area contributed by atoms with Gasteiger partial charge in [0, 0.05) is 0 Å². The zero-order chi connectivity index (χ0) is 9.72. The molecule has 0 fully saturated rings. The van der Waals surface area contributed by atoms with Crippen LogP contribution in [0, 0.1) is 0 Å². The summed E-state index contributed by atoms with van der Waals surface area (Å²) in [6.45, 7) is 3.07. The molecule has 0 aliphatic rings. The fraction of sp³-hybridized carbons (Fsp3) is 0.714. The summed E-state index contributed by atoms with van der Waals surface area (Å²) in [5, 5.41) is 0. The average molecular weight is 241 g/mol. The first kappa shape index (κ1) is 11.6. The number of esters is 1. The third-order valence-electron chi connectivity index (χ3n) is 1.14. The third kappa shape index (κ3) is 3.30. The van der Waals surface area contributed by atoms with Crippen LogP contribution in [0.1, 0.15) is 13.8 Å². The molecule has 0 radical (unpaired) electrons. The van der Waals surface area contributed by atoms with E-state index in [0.717, 1.165) is 0 Å². The first-order valence-corrected chi connectivity index (χ1v) is 4.40. The van der Waals surface area contributed by atoms with Gasteiger partial charge in [-0.25, -0.2) is 9.18 Å². The van der Waals surface area contributed by atoms with Gasteiger partial charge in [0.15, 0.2) is 5.78 Å². The third-order valence-corrected chi connectivity index (χ3v) is 1.59. The Kier molecular flexibility index (Phi) is 5.04. The summed E-state index contributed by atoms with van der Waals surface area (Å²) in [5.74, 6) is -1.93. The molecule has 0 amide bonds. The lowest BCUT2D eigenvalue weighted by Crippen LogP contribution is -2.32. The first-order valence-electron chi connectivity index (χ1n) is 3.49. The van der Waals surface area contributed by atoms with Crippen molar-refractivity contribution >= 4 is 27.7 Å². The normalized spacial score (nSPS) is 15.0. The van der Waals surface area contributed by atoms with Crippen molar-refractivity contribution in [2.45, 2.75) is 24.8 Å². The zero-order valence-electron chi connectivity index (χ0n) is 6.84. The second-order valence-corrected chi connectivity index (χ2v) is 3.51. The van der Waals surface area contributed by atoms with Gasteiger partial charge in [0.25, 0.3) is 6.17 Å². The molecule has 2 unspecified atom stereocenters. The molecule has 0 aromatic rings. The molecule has 0 aromatic carbocycles. The van der Waals surface area contributed by atoms with Crippen molar-refractivity contribution in [1.29, 1.82) is 0 Å². The van der Waals surface area contributed by atoms with E-state index in [2.05, 4.69) is 20.7 Å². The summed E-state index contributed by atoms with van der Waals surface area (Å²) in [6, 6.07) is 0. The van der Waals surface area contributed by atoms with Crippen LogP contribution in [0.4, 0.5) is 4.39 Å². The predicted octanol–water partition coefficient (Wildman–Crippen LogP) is 1.24. The number of ketones is 1. The van der Waals surface area contributed by atoms with Gasteiger partial charge in [-0.05, 0) is 13.8 Å². The lowest BCUT2D eigenvalue weighted by Gasteiger charge is -2.07. The Labute approximate surface area is 78.4 Å². The van der Waals surface area contributed by atoms with Crippen molar-refractivity contribution in [3.63, 3.8) is 0 Å². The van der Waals surface area contributed by atoms with E-state index >= 15 is 0 Å². The highest BCUT2D eigenvalue weighted by atomic mass is 79.9. The summed E-state index contributed by atoms with van der Waals surface area (Å²) >= 11 is 2.86. The SMILES string of the molecule is CCOC(=O)C(F)C(=O)C(C)Br. The number of ether oxygens (including phenoxy) is 1. The van der Waals surface area contributed by atoms with Gasteiger partial charge in [0.2, 0.25) is 0 Å². The van der Waals surface area contributed by atoms with E-state index in [1.165, 1.54) is 6.92 Å². The van der Waals surface area contributed by atoms with E-state index in [1.54, 1.807) is 6.92 Å². The molecule has 12 heavy (non-hydrogen) atoms. The molecule has 0 aliphatic carbocycles. The van der Waals surface area contributed by atoms with Crippen LogP contribution in [0.25, 0.3) is 0 Å². The van der Waals surface area contributed by atoms with Crippen LogP contribution < -0.4 is 0 Å². The van der Waals surface area contributed by atoms with Crippen LogP contribution in [0.5, 0.6) is 0 Å². The summed E-state index contributed by atoms with van der Waals surface area (Å²) in [5.41, 5.74) is 0. The summed E-state index contributed by atoms with van der Waals surface area (Å²) in [7, 11) is 0. The number of carbonyl (C=O) groups is 2. The van der Waals surface area contributed by atoms with Crippen LogP contribution in [0.2, 0.25) is 0 Å². The monoisotopic (exact) mass is 240 g/mol. The largest absolute Gasteiger partial charge is 0.463 e. The number of rotatable bonds is 4.